The Labute approximate surface area is 78.7 Å². The van der Waals surface area contributed by atoms with Crippen LogP contribution in [0.4, 0.5) is 0 Å². The molecule has 13 heavy (non-hydrogen) atoms. The topological polar surface area (TPSA) is 20.2 Å². The quantitative estimate of drug-likeness (QED) is 0.544. The lowest BCUT2D eigenvalue weighted by Crippen LogP contribution is -1.95. The summed E-state index contributed by atoms with van der Waals surface area (Å²) in [7, 11) is 0. The Hall–Kier alpha value is -1.52. The summed E-state index contributed by atoms with van der Waals surface area (Å²) in [6.45, 7) is 0. The Morgan fingerprint density at radius 1 is 1.38 bits per heavy atom. The number of aliphatic hydroxyl groups excluding tert-OH is 1. The fourth-order valence-electron chi connectivity index (χ4n) is 1.00. The van der Waals surface area contributed by atoms with E-state index in [-0.39, 0.29) is 0 Å². The first-order chi connectivity index (χ1) is 6.33. The van der Waals surface area contributed by atoms with Crippen molar-refractivity contribution >= 4 is 0 Å². The second-order valence-electron chi connectivity index (χ2n) is 2.73. The smallest absolute Gasteiger partial charge is 0.133 e. The van der Waals surface area contributed by atoms with E-state index in [2.05, 4.69) is 5.92 Å². The van der Waals surface area contributed by atoms with Crippen LogP contribution >= 0.6 is 0 Å². The summed E-state index contributed by atoms with van der Waals surface area (Å²) in [6, 6.07) is 10.0. The van der Waals surface area contributed by atoms with Crippen LogP contribution in [0.3, 0.4) is 0 Å². The minimum Gasteiger partial charge on any atom is -0.377 e. The van der Waals surface area contributed by atoms with Gasteiger partial charge in [-0.15, -0.1) is 6.42 Å². The van der Waals surface area contributed by atoms with Crippen LogP contribution in [0.2, 0.25) is 0 Å². The normalized spacial score (nSPS) is 12.6. The van der Waals surface area contributed by atoms with Crippen LogP contribution < -0.4 is 0 Å². The Kier molecular flexibility index (Phi) is 3.81. The van der Waals surface area contributed by atoms with Gasteiger partial charge in [0.15, 0.2) is 0 Å². The zero-order valence-corrected chi connectivity index (χ0v) is 7.35. The first-order valence-electron chi connectivity index (χ1n) is 4.17. The maximum atomic E-state index is 9.01. The van der Waals surface area contributed by atoms with E-state index in [1.807, 2.05) is 36.4 Å². The fraction of sp³-hybridized carbons (Fsp3) is 0.167. The molecule has 1 aromatic rings. The first kappa shape index (κ1) is 9.57. The van der Waals surface area contributed by atoms with Gasteiger partial charge in [-0.2, -0.15) is 0 Å². The van der Waals surface area contributed by atoms with Gasteiger partial charge in [-0.05, 0) is 18.1 Å². The van der Waals surface area contributed by atoms with Crippen molar-refractivity contribution < 1.29 is 5.11 Å². The predicted molar refractivity (Wildman–Crippen MR) is 54.1 cm³/mol. The second-order valence-corrected chi connectivity index (χ2v) is 2.73. The molecule has 0 aliphatic carbocycles. The largest absolute Gasteiger partial charge is 0.377 e. The third-order valence-electron chi connectivity index (χ3n) is 1.69. The monoisotopic (exact) mass is 172 g/mol. The zero-order chi connectivity index (χ0) is 9.52. The average Bonchev–Trinajstić information content (AvgIpc) is 2.19. The Morgan fingerprint density at radius 2 is 2.08 bits per heavy atom. The predicted octanol–water partition coefficient (Wildman–Crippen LogP) is 1.78. The van der Waals surface area contributed by atoms with Crippen LogP contribution in [0.25, 0.3) is 0 Å². The fourth-order valence-corrected chi connectivity index (χ4v) is 1.00. The second kappa shape index (κ2) is 5.18. The van der Waals surface area contributed by atoms with Crippen molar-refractivity contribution in [2.75, 3.05) is 0 Å². The minimum atomic E-state index is -0.760. The molecule has 1 heteroatoms. The molecule has 0 aliphatic heterocycles. The Balaban J connectivity index is 2.45. The summed E-state index contributed by atoms with van der Waals surface area (Å²) >= 11 is 0. The molecular formula is C12H12O. The van der Waals surface area contributed by atoms with Gasteiger partial charge in [0.25, 0.3) is 0 Å². The van der Waals surface area contributed by atoms with E-state index in [0.29, 0.717) is 0 Å². The molecule has 1 unspecified atom stereocenters. The molecule has 0 spiro atoms. The highest BCUT2D eigenvalue weighted by molar-refractivity contribution is 5.18. The SMILES string of the molecule is C#CC(O)/C=C/Cc1ccccc1. The molecule has 0 saturated heterocycles. The number of hydrogen-bond donors (Lipinski definition) is 1. The molecule has 1 aromatic carbocycles. The maximum Gasteiger partial charge on any atom is 0.133 e. The minimum absolute atomic E-state index is 0.760. The zero-order valence-electron chi connectivity index (χ0n) is 7.35. The van der Waals surface area contributed by atoms with Crippen LogP contribution in [0.1, 0.15) is 5.56 Å². The molecule has 0 fully saturated rings. The maximum absolute atomic E-state index is 9.01. The van der Waals surface area contributed by atoms with Gasteiger partial charge in [-0.25, -0.2) is 0 Å². The van der Waals surface area contributed by atoms with E-state index in [0.717, 1.165) is 6.42 Å². The summed E-state index contributed by atoms with van der Waals surface area (Å²) in [4.78, 5) is 0. The molecule has 1 nitrogen and oxygen atoms in total. The summed E-state index contributed by atoms with van der Waals surface area (Å²) in [5, 5.41) is 9.01. The van der Waals surface area contributed by atoms with E-state index < -0.39 is 6.10 Å². The van der Waals surface area contributed by atoms with E-state index in [9.17, 15) is 0 Å². The van der Waals surface area contributed by atoms with Crippen molar-refractivity contribution in [3.8, 4) is 12.3 Å². The molecule has 0 saturated carbocycles. The Morgan fingerprint density at radius 3 is 2.69 bits per heavy atom. The van der Waals surface area contributed by atoms with E-state index in [4.69, 9.17) is 11.5 Å². The summed E-state index contributed by atoms with van der Waals surface area (Å²) in [6.07, 6.45) is 8.54. The molecule has 0 bridgehead atoms. The highest BCUT2D eigenvalue weighted by Gasteiger charge is 1.89. The van der Waals surface area contributed by atoms with Crippen molar-refractivity contribution in [2.45, 2.75) is 12.5 Å². The van der Waals surface area contributed by atoms with Gasteiger partial charge in [-0.1, -0.05) is 42.3 Å². The highest BCUT2D eigenvalue weighted by Crippen LogP contribution is 2.00. The lowest BCUT2D eigenvalue weighted by molar-refractivity contribution is 0.280. The van der Waals surface area contributed by atoms with Gasteiger partial charge >= 0.3 is 0 Å². The van der Waals surface area contributed by atoms with Gasteiger partial charge < -0.3 is 5.11 Å². The van der Waals surface area contributed by atoms with E-state index >= 15 is 0 Å². The van der Waals surface area contributed by atoms with Crippen LogP contribution in [-0.4, -0.2) is 11.2 Å². The van der Waals surface area contributed by atoms with Crippen LogP contribution in [0.15, 0.2) is 42.5 Å². The third kappa shape index (κ3) is 3.59. The number of terminal acetylenes is 1. The molecule has 0 aromatic heterocycles. The molecule has 0 aliphatic rings. The molecule has 0 radical (unpaired) electrons. The van der Waals surface area contributed by atoms with Gasteiger partial charge in [0.1, 0.15) is 6.10 Å². The van der Waals surface area contributed by atoms with Crippen LogP contribution in [0.5, 0.6) is 0 Å². The standard InChI is InChI=1S/C12H12O/c1-2-12(13)10-6-9-11-7-4-3-5-8-11/h1,3-8,10,12-13H,9H2/b10-6+. The van der Waals surface area contributed by atoms with Crippen molar-refractivity contribution in [1.82, 2.24) is 0 Å². The molecule has 0 heterocycles. The van der Waals surface area contributed by atoms with Crippen molar-refractivity contribution in [1.29, 1.82) is 0 Å². The average molecular weight is 172 g/mol. The van der Waals surface area contributed by atoms with E-state index in [1.165, 1.54) is 5.56 Å². The molecule has 1 N–H and O–H groups in total. The van der Waals surface area contributed by atoms with Crippen molar-refractivity contribution in [2.24, 2.45) is 0 Å². The summed E-state index contributed by atoms with van der Waals surface area (Å²) < 4.78 is 0. The van der Waals surface area contributed by atoms with Gasteiger partial charge in [0.2, 0.25) is 0 Å². The number of hydrogen-bond acceptors (Lipinski definition) is 1. The lowest BCUT2D eigenvalue weighted by Gasteiger charge is -1.95. The van der Waals surface area contributed by atoms with Crippen LogP contribution in [-0.2, 0) is 6.42 Å². The molecule has 66 valence electrons. The molecule has 1 rings (SSSR count). The first-order valence-corrected chi connectivity index (χ1v) is 4.17. The van der Waals surface area contributed by atoms with Crippen molar-refractivity contribution in [3.63, 3.8) is 0 Å². The number of benzene rings is 1. The van der Waals surface area contributed by atoms with Crippen molar-refractivity contribution in [3.05, 3.63) is 48.0 Å². The van der Waals surface area contributed by atoms with Crippen LogP contribution in [0, 0.1) is 12.3 Å². The molecule has 0 amide bonds. The Bertz CT molecular complexity index is 306. The number of aliphatic hydroxyl groups is 1. The lowest BCUT2D eigenvalue weighted by atomic mass is 10.1. The van der Waals surface area contributed by atoms with E-state index in [1.54, 1.807) is 6.08 Å². The summed E-state index contributed by atoms with van der Waals surface area (Å²) in [5.41, 5.74) is 1.21. The summed E-state index contributed by atoms with van der Waals surface area (Å²) in [5.74, 6) is 2.22. The highest BCUT2D eigenvalue weighted by atomic mass is 16.3. The number of rotatable bonds is 3. The third-order valence-corrected chi connectivity index (χ3v) is 1.69. The van der Waals surface area contributed by atoms with Gasteiger partial charge in [0, 0.05) is 0 Å². The van der Waals surface area contributed by atoms with Gasteiger partial charge in [0.05, 0.1) is 0 Å². The molecule has 1 atom stereocenters. The van der Waals surface area contributed by atoms with Gasteiger partial charge in [-0.3, -0.25) is 0 Å². The molecular weight excluding hydrogens is 160 g/mol. The number of allylic oxidation sites excluding steroid dienone is 1.